The number of phenolic OH excluding ortho intramolecular Hbond substituents is 1. The van der Waals surface area contributed by atoms with Gasteiger partial charge in [-0.2, -0.15) is 0 Å². The average Bonchev–Trinajstić information content (AvgIpc) is 2.28. The van der Waals surface area contributed by atoms with Crippen LogP contribution in [0.1, 0.15) is 26.3 Å². The minimum atomic E-state index is -1.39. The van der Waals surface area contributed by atoms with E-state index in [0.29, 0.717) is 5.56 Å². The van der Waals surface area contributed by atoms with Gasteiger partial charge >= 0.3 is 5.97 Å². The van der Waals surface area contributed by atoms with Crippen molar-refractivity contribution >= 4 is 5.97 Å². The monoisotopic (exact) mass is 252 g/mol. The largest absolute Gasteiger partial charge is 0.508 e. The lowest BCUT2D eigenvalue weighted by atomic mass is 9.76. The molecule has 0 aromatic heterocycles. The molecule has 0 bridgehead atoms. The number of methoxy groups -OCH3 is 1. The first-order valence-corrected chi connectivity index (χ1v) is 5.90. The predicted octanol–water partition coefficient (Wildman–Crippen LogP) is 2.04. The zero-order chi connectivity index (χ0) is 13.9. The molecule has 2 unspecified atom stereocenters. The highest BCUT2D eigenvalue weighted by Crippen LogP contribution is 2.36. The van der Waals surface area contributed by atoms with Crippen molar-refractivity contribution in [3.05, 3.63) is 29.8 Å². The fraction of sp³-hybridized carbons (Fsp3) is 0.500. The van der Waals surface area contributed by atoms with Gasteiger partial charge in [-0.05, 0) is 30.5 Å². The van der Waals surface area contributed by atoms with Crippen LogP contribution < -0.4 is 0 Å². The molecule has 0 aliphatic carbocycles. The summed E-state index contributed by atoms with van der Waals surface area (Å²) in [5, 5.41) is 20.1. The lowest BCUT2D eigenvalue weighted by Crippen LogP contribution is -2.41. The lowest BCUT2D eigenvalue weighted by Gasteiger charge is -2.34. The summed E-state index contributed by atoms with van der Waals surface area (Å²) >= 11 is 0. The van der Waals surface area contributed by atoms with Gasteiger partial charge < -0.3 is 14.9 Å². The van der Waals surface area contributed by atoms with Gasteiger partial charge in [0.1, 0.15) is 11.4 Å². The molecule has 0 saturated heterocycles. The second-order valence-electron chi connectivity index (χ2n) is 4.94. The van der Waals surface area contributed by atoms with Crippen LogP contribution in [-0.4, -0.2) is 23.3 Å². The fourth-order valence-electron chi connectivity index (χ4n) is 2.28. The van der Waals surface area contributed by atoms with E-state index in [4.69, 9.17) is 4.74 Å². The van der Waals surface area contributed by atoms with Crippen molar-refractivity contribution < 1.29 is 19.7 Å². The third-order valence-corrected chi connectivity index (χ3v) is 3.16. The molecule has 0 saturated carbocycles. The average molecular weight is 252 g/mol. The maximum absolute atomic E-state index is 11.8. The fourth-order valence-corrected chi connectivity index (χ4v) is 2.28. The molecule has 2 atom stereocenters. The molecule has 2 N–H and O–H groups in total. The van der Waals surface area contributed by atoms with Crippen LogP contribution in [0.4, 0.5) is 0 Å². The lowest BCUT2D eigenvalue weighted by molar-refractivity contribution is -0.159. The first kappa shape index (κ1) is 14.5. The van der Waals surface area contributed by atoms with Gasteiger partial charge in [-0.1, -0.05) is 26.0 Å². The molecule has 0 amide bonds. The van der Waals surface area contributed by atoms with Gasteiger partial charge in [-0.3, -0.25) is 4.79 Å². The molecule has 0 heterocycles. The van der Waals surface area contributed by atoms with E-state index >= 15 is 0 Å². The highest BCUT2D eigenvalue weighted by molar-refractivity contribution is 5.74. The zero-order valence-electron chi connectivity index (χ0n) is 11.2. The van der Waals surface area contributed by atoms with Gasteiger partial charge in [0.2, 0.25) is 0 Å². The third kappa shape index (κ3) is 2.82. The Morgan fingerprint density at radius 2 is 2.00 bits per heavy atom. The van der Waals surface area contributed by atoms with E-state index in [0.717, 1.165) is 0 Å². The van der Waals surface area contributed by atoms with Crippen molar-refractivity contribution in [3.63, 3.8) is 0 Å². The van der Waals surface area contributed by atoms with Crippen LogP contribution in [0, 0.1) is 11.8 Å². The Morgan fingerprint density at radius 3 is 2.44 bits per heavy atom. The van der Waals surface area contributed by atoms with Gasteiger partial charge in [0.25, 0.3) is 0 Å². The van der Waals surface area contributed by atoms with Crippen LogP contribution in [0.3, 0.4) is 0 Å². The molecule has 0 aliphatic rings. The molecular formula is C14H20O4. The predicted molar refractivity (Wildman–Crippen MR) is 68.0 cm³/mol. The summed E-state index contributed by atoms with van der Waals surface area (Å²) in [6.45, 7) is 5.25. The smallest absolute Gasteiger partial charge is 0.312 e. The molecule has 4 nitrogen and oxygen atoms in total. The van der Waals surface area contributed by atoms with Crippen molar-refractivity contribution in [1.82, 2.24) is 0 Å². The topological polar surface area (TPSA) is 66.8 Å². The van der Waals surface area contributed by atoms with Crippen molar-refractivity contribution in [3.8, 4) is 5.75 Å². The Hall–Kier alpha value is -1.55. The maximum Gasteiger partial charge on any atom is 0.312 e. The number of aromatic hydroxyl groups is 1. The van der Waals surface area contributed by atoms with Crippen molar-refractivity contribution in [2.24, 2.45) is 11.8 Å². The molecule has 0 spiro atoms. The Morgan fingerprint density at radius 1 is 1.39 bits per heavy atom. The highest BCUT2D eigenvalue weighted by Gasteiger charge is 2.41. The molecular weight excluding hydrogens is 232 g/mol. The van der Waals surface area contributed by atoms with Crippen LogP contribution in [0.25, 0.3) is 0 Å². The summed E-state index contributed by atoms with van der Waals surface area (Å²) in [7, 11) is 1.30. The van der Waals surface area contributed by atoms with Crippen LogP contribution in [0.5, 0.6) is 5.75 Å². The molecule has 0 radical (unpaired) electrons. The number of aliphatic hydroxyl groups is 1. The van der Waals surface area contributed by atoms with E-state index in [1.54, 1.807) is 19.1 Å². The minimum Gasteiger partial charge on any atom is -0.508 e. The number of ether oxygens (including phenoxy) is 1. The highest BCUT2D eigenvalue weighted by atomic mass is 16.5. The van der Waals surface area contributed by atoms with E-state index in [2.05, 4.69) is 0 Å². The summed E-state index contributed by atoms with van der Waals surface area (Å²) in [6.07, 6.45) is 0. The summed E-state index contributed by atoms with van der Waals surface area (Å²) in [5.74, 6) is -1.18. The van der Waals surface area contributed by atoms with Gasteiger partial charge in [0.15, 0.2) is 0 Å². The summed E-state index contributed by atoms with van der Waals surface area (Å²) in [4.78, 5) is 11.8. The maximum atomic E-state index is 11.8. The Kier molecular flexibility index (Phi) is 4.35. The second-order valence-corrected chi connectivity index (χ2v) is 4.94. The Bertz CT molecular complexity index is 424. The normalized spacial score (nSPS) is 16.1. The molecule has 4 heteroatoms. The van der Waals surface area contributed by atoms with E-state index in [-0.39, 0.29) is 11.7 Å². The SMILES string of the molecule is COC(=O)C(C(C)C)C(C)(O)c1cccc(O)c1. The van der Waals surface area contributed by atoms with Crippen molar-refractivity contribution in [2.75, 3.05) is 7.11 Å². The number of carbonyl (C=O) groups is 1. The molecule has 100 valence electrons. The number of carbonyl (C=O) groups excluding carboxylic acids is 1. The molecule has 0 fully saturated rings. The van der Waals surface area contributed by atoms with Gasteiger partial charge in [0.05, 0.1) is 13.0 Å². The van der Waals surface area contributed by atoms with Crippen LogP contribution in [0.2, 0.25) is 0 Å². The van der Waals surface area contributed by atoms with Gasteiger partial charge in [-0.25, -0.2) is 0 Å². The number of rotatable bonds is 4. The third-order valence-electron chi connectivity index (χ3n) is 3.16. The van der Waals surface area contributed by atoms with Gasteiger partial charge in [-0.15, -0.1) is 0 Å². The molecule has 18 heavy (non-hydrogen) atoms. The first-order chi connectivity index (χ1) is 8.30. The van der Waals surface area contributed by atoms with Crippen LogP contribution in [0.15, 0.2) is 24.3 Å². The standard InChI is InChI=1S/C14H20O4/c1-9(2)12(13(16)18-4)14(3,17)10-6-5-7-11(15)8-10/h5-9,12,15,17H,1-4H3. The first-order valence-electron chi connectivity index (χ1n) is 5.90. The van der Waals surface area contributed by atoms with Crippen LogP contribution >= 0.6 is 0 Å². The zero-order valence-corrected chi connectivity index (χ0v) is 11.2. The minimum absolute atomic E-state index is 0.0557. The quantitative estimate of drug-likeness (QED) is 0.805. The van der Waals surface area contributed by atoms with E-state index in [1.807, 2.05) is 13.8 Å². The van der Waals surface area contributed by atoms with Gasteiger partial charge in [0, 0.05) is 0 Å². The summed E-state index contributed by atoms with van der Waals surface area (Å²) < 4.78 is 4.75. The summed E-state index contributed by atoms with van der Waals surface area (Å²) in [6, 6.07) is 6.28. The molecule has 1 aromatic rings. The van der Waals surface area contributed by atoms with E-state index in [9.17, 15) is 15.0 Å². The second kappa shape index (κ2) is 5.40. The number of hydrogen-bond donors (Lipinski definition) is 2. The van der Waals surface area contributed by atoms with E-state index < -0.39 is 17.5 Å². The molecule has 1 aromatic carbocycles. The Balaban J connectivity index is 3.20. The number of esters is 1. The van der Waals surface area contributed by atoms with Crippen molar-refractivity contribution in [1.29, 1.82) is 0 Å². The van der Waals surface area contributed by atoms with Crippen molar-refractivity contribution in [2.45, 2.75) is 26.4 Å². The summed E-state index contributed by atoms with van der Waals surface area (Å²) in [5.41, 5.74) is -0.897. The molecule has 1 rings (SSSR count). The van der Waals surface area contributed by atoms with E-state index in [1.165, 1.54) is 19.2 Å². The van der Waals surface area contributed by atoms with Crippen LogP contribution in [-0.2, 0) is 15.1 Å². The molecule has 0 aliphatic heterocycles. The Labute approximate surface area is 107 Å². The number of phenols is 1. The number of benzene rings is 1. The number of hydrogen-bond acceptors (Lipinski definition) is 4.